The zero-order valence-electron chi connectivity index (χ0n) is 15.1. The first kappa shape index (κ1) is 17.8. The largest absolute Gasteiger partial charge is 0.382 e. The normalized spacial score (nSPS) is 15.8. The van der Waals surface area contributed by atoms with Crippen LogP contribution in [-0.2, 0) is 16.2 Å². The van der Waals surface area contributed by atoms with Crippen molar-refractivity contribution in [3.05, 3.63) is 60.3 Å². The first-order valence-electron chi connectivity index (χ1n) is 8.83. The summed E-state index contributed by atoms with van der Waals surface area (Å²) in [5.74, 6) is -0.0799. The molecular weight excluding hydrogens is 361 g/mol. The predicted molar refractivity (Wildman–Crippen MR) is 102 cm³/mol. The van der Waals surface area contributed by atoms with Gasteiger partial charge in [0.15, 0.2) is 0 Å². The molecule has 8 heteroatoms. The monoisotopic (exact) mass is 379 g/mol. The second-order valence-corrected chi connectivity index (χ2v) is 6.47. The fourth-order valence-electron chi connectivity index (χ4n) is 2.97. The average molecular weight is 379 g/mol. The molecule has 1 unspecified atom stereocenters. The minimum absolute atomic E-state index is 0.174. The number of H-pyrrole nitrogens is 1. The smallest absolute Gasteiger partial charge is 0.264 e. The van der Waals surface area contributed by atoms with Gasteiger partial charge in [-0.25, -0.2) is 9.37 Å². The molecule has 3 heterocycles. The van der Waals surface area contributed by atoms with Gasteiger partial charge in [-0.1, -0.05) is 23.4 Å². The summed E-state index contributed by atoms with van der Waals surface area (Å²) >= 11 is 0. The highest BCUT2D eigenvalue weighted by atomic mass is 19.1. The number of carbonyl (C=O) groups is 1. The van der Waals surface area contributed by atoms with E-state index in [1.807, 2.05) is 25.1 Å². The Morgan fingerprint density at radius 3 is 2.93 bits per heavy atom. The van der Waals surface area contributed by atoms with Crippen LogP contribution in [0.1, 0.15) is 19.2 Å². The Kier molecular flexibility index (Phi) is 4.84. The van der Waals surface area contributed by atoms with E-state index in [4.69, 9.17) is 4.84 Å². The Morgan fingerprint density at radius 1 is 1.32 bits per heavy atom. The summed E-state index contributed by atoms with van der Waals surface area (Å²) < 4.78 is 13.7. The quantitative estimate of drug-likeness (QED) is 0.713. The van der Waals surface area contributed by atoms with Crippen molar-refractivity contribution >= 4 is 11.6 Å². The van der Waals surface area contributed by atoms with Crippen LogP contribution in [0.3, 0.4) is 0 Å². The summed E-state index contributed by atoms with van der Waals surface area (Å²) in [6.07, 6.45) is 1.53. The zero-order valence-corrected chi connectivity index (χ0v) is 15.1. The van der Waals surface area contributed by atoms with E-state index < -0.39 is 6.10 Å². The van der Waals surface area contributed by atoms with Gasteiger partial charge in [-0.3, -0.25) is 9.78 Å². The zero-order chi connectivity index (χ0) is 19.5. The SMILES string of the molecule is CC1=NOC(C(=O)NCc2nc(-c3cccc(F)c3)c(-c3ccccn3)[nH]2)C1. The van der Waals surface area contributed by atoms with Crippen LogP contribution >= 0.6 is 0 Å². The van der Waals surface area contributed by atoms with Crippen molar-refractivity contribution in [1.29, 1.82) is 0 Å². The molecule has 1 aliphatic heterocycles. The van der Waals surface area contributed by atoms with Crippen LogP contribution in [0.5, 0.6) is 0 Å². The molecule has 0 bridgehead atoms. The van der Waals surface area contributed by atoms with E-state index in [1.165, 1.54) is 12.1 Å². The lowest BCUT2D eigenvalue weighted by Gasteiger charge is -2.07. The van der Waals surface area contributed by atoms with Crippen LogP contribution in [0.4, 0.5) is 4.39 Å². The summed E-state index contributed by atoms with van der Waals surface area (Å²) in [7, 11) is 0. The van der Waals surface area contributed by atoms with Crippen molar-refractivity contribution in [2.75, 3.05) is 0 Å². The van der Waals surface area contributed by atoms with Gasteiger partial charge in [-0.2, -0.15) is 0 Å². The number of aromatic amines is 1. The van der Waals surface area contributed by atoms with Crippen LogP contribution in [0, 0.1) is 5.82 Å². The Balaban J connectivity index is 1.59. The average Bonchev–Trinajstić information content (AvgIpc) is 3.33. The number of oxime groups is 1. The highest BCUT2D eigenvalue weighted by Crippen LogP contribution is 2.29. The predicted octanol–water partition coefficient (Wildman–Crippen LogP) is 3.06. The van der Waals surface area contributed by atoms with Gasteiger partial charge in [0.25, 0.3) is 5.91 Å². The van der Waals surface area contributed by atoms with Gasteiger partial charge in [0, 0.05) is 18.2 Å². The molecule has 1 aromatic carbocycles. The molecule has 4 rings (SSSR count). The van der Waals surface area contributed by atoms with Crippen molar-refractivity contribution in [3.63, 3.8) is 0 Å². The summed E-state index contributed by atoms with van der Waals surface area (Å²) in [5.41, 5.74) is 3.31. The Hall–Kier alpha value is -3.55. The number of nitrogens with one attached hydrogen (secondary N) is 2. The second kappa shape index (κ2) is 7.59. The van der Waals surface area contributed by atoms with E-state index in [9.17, 15) is 9.18 Å². The molecule has 2 N–H and O–H groups in total. The van der Waals surface area contributed by atoms with E-state index in [0.29, 0.717) is 34.9 Å². The Bertz CT molecular complexity index is 1030. The van der Waals surface area contributed by atoms with Gasteiger partial charge < -0.3 is 15.1 Å². The number of imidazole rings is 1. The van der Waals surface area contributed by atoms with E-state index in [-0.39, 0.29) is 18.3 Å². The van der Waals surface area contributed by atoms with Crippen molar-refractivity contribution in [3.8, 4) is 22.6 Å². The number of amides is 1. The number of aromatic nitrogens is 3. The van der Waals surface area contributed by atoms with E-state index in [1.54, 1.807) is 18.3 Å². The number of hydrogen-bond acceptors (Lipinski definition) is 5. The molecule has 0 saturated carbocycles. The highest BCUT2D eigenvalue weighted by Gasteiger charge is 2.26. The number of hydrogen-bond donors (Lipinski definition) is 2. The van der Waals surface area contributed by atoms with Crippen LogP contribution < -0.4 is 5.32 Å². The number of pyridine rings is 1. The first-order valence-corrected chi connectivity index (χ1v) is 8.83. The van der Waals surface area contributed by atoms with Crippen molar-refractivity contribution in [1.82, 2.24) is 20.3 Å². The molecule has 2 aromatic heterocycles. The van der Waals surface area contributed by atoms with Gasteiger partial charge in [0.2, 0.25) is 6.10 Å². The van der Waals surface area contributed by atoms with E-state index in [0.717, 1.165) is 5.71 Å². The minimum Gasteiger partial charge on any atom is -0.382 e. The molecule has 1 atom stereocenters. The molecule has 0 radical (unpaired) electrons. The number of rotatable bonds is 5. The molecule has 0 spiro atoms. The lowest BCUT2D eigenvalue weighted by molar-refractivity contribution is -0.131. The fourth-order valence-corrected chi connectivity index (χ4v) is 2.97. The molecule has 7 nitrogen and oxygen atoms in total. The molecule has 28 heavy (non-hydrogen) atoms. The standard InChI is InChI=1S/C20H18FN5O2/c1-12-9-16(28-26-12)20(27)23-11-17-24-18(13-5-4-6-14(21)10-13)19(25-17)15-7-2-3-8-22-15/h2-8,10,16H,9,11H2,1H3,(H,23,27)(H,24,25). The molecule has 0 saturated heterocycles. The Labute approximate surface area is 160 Å². The lowest BCUT2D eigenvalue weighted by atomic mass is 10.1. The maximum absolute atomic E-state index is 13.7. The topological polar surface area (TPSA) is 92.3 Å². The summed E-state index contributed by atoms with van der Waals surface area (Å²) in [4.78, 5) is 29.4. The van der Waals surface area contributed by atoms with E-state index in [2.05, 4.69) is 25.4 Å². The number of benzene rings is 1. The van der Waals surface area contributed by atoms with E-state index >= 15 is 0 Å². The van der Waals surface area contributed by atoms with Crippen LogP contribution in [0.15, 0.2) is 53.8 Å². The maximum Gasteiger partial charge on any atom is 0.264 e. The van der Waals surface area contributed by atoms with Crippen molar-refractivity contribution in [2.45, 2.75) is 26.0 Å². The van der Waals surface area contributed by atoms with Gasteiger partial charge in [-0.05, 0) is 31.2 Å². The van der Waals surface area contributed by atoms with Gasteiger partial charge in [0.05, 0.1) is 29.3 Å². The fraction of sp³-hybridized carbons (Fsp3) is 0.200. The Morgan fingerprint density at radius 2 is 2.21 bits per heavy atom. The second-order valence-electron chi connectivity index (χ2n) is 6.47. The van der Waals surface area contributed by atoms with Gasteiger partial charge in [0.1, 0.15) is 11.6 Å². The molecular formula is C20H18FN5O2. The summed E-state index contributed by atoms with van der Waals surface area (Å²) in [6.45, 7) is 1.98. The number of nitrogens with zero attached hydrogens (tertiary/aromatic N) is 3. The third-order valence-electron chi connectivity index (χ3n) is 4.31. The third-order valence-corrected chi connectivity index (χ3v) is 4.31. The molecule has 0 fully saturated rings. The van der Waals surface area contributed by atoms with Crippen LogP contribution in [0.25, 0.3) is 22.6 Å². The number of halogens is 1. The molecule has 142 valence electrons. The van der Waals surface area contributed by atoms with Crippen LogP contribution in [-0.4, -0.2) is 32.7 Å². The van der Waals surface area contributed by atoms with Gasteiger partial charge >= 0.3 is 0 Å². The van der Waals surface area contributed by atoms with Gasteiger partial charge in [-0.15, -0.1) is 0 Å². The first-order chi connectivity index (χ1) is 13.6. The highest BCUT2D eigenvalue weighted by molar-refractivity contribution is 5.91. The molecule has 3 aromatic rings. The molecule has 1 amide bonds. The minimum atomic E-state index is -0.618. The molecule has 1 aliphatic rings. The maximum atomic E-state index is 13.7. The van der Waals surface area contributed by atoms with Crippen molar-refractivity contribution in [2.24, 2.45) is 5.16 Å². The summed E-state index contributed by atoms with van der Waals surface area (Å²) in [5, 5.41) is 6.58. The molecule has 0 aliphatic carbocycles. The third kappa shape index (κ3) is 3.75. The summed E-state index contributed by atoms with van der Waals surface area (Å²) in [6, 6.07) is 11.7. The van der Waals surface area contributed by atoms with Crippen molar-refractivity contribution < 1.29 is 14.0 Å². The van der Waals surface area contributed by atoms with Crippen LogP contribution in [0.2, 0.25) is 0 Å². The lowest BCUT2D eigenvalue weighted by Crippen LogP contribution is -2.34. The number of carbonyl (C=O) groups excluding carboxylic acids is 1.